The Morgan fingerprint density at radius 1 is 1.32 bits per heavy atom. The molecular weight excluding hydrogens is 402 g/mol. The second-order valence-corrected chi connectivity index (χ2v) is 9.11. The summed E-state index contributed by atoms with van der Waals surface area (Å²) in [5, 5.41) is 14.6. The van der Waals surface area contributed by atoms with Gasteiger partial charge in [0.1, 0.15) is 6.07 Å². The molecule has 0 atom stereocenters. The Balaban J connectivity index is 2.22. The third kappa shape index (κ3) is 5.05. The molecule has 0 spiro atoms. The van der Waals surface area contributed by atoms with Crippen molar-refractivity contribution in [3.05, 3.63) is 29.5 Å². The zero-order valence-electron chi connectivity index (χ0n) is 15.7. The third-order valence-electron chi connectivity index (χ3n) is 3.68. The average molecular weight is 422 g/mol. The zero-order chi connectivity index (χ0) is 21.1. The monoisotopic (exact) mass is 421 g/mol. The van der Waals surface area contributed by atoms with E-state index in [1.54, 1.807) is 27.1 Å². The van der Waals surface area contributed by atoms with Crippen LogP contribution in [0.2, 0.25) is 0 Å². The van der Waals surface area contributed by atoms with E-state index < -0.39 is 15.9 Å². The molecule has 1 aromatic carbocycles. The summed E-state index contributed by atoms with van der Waals surface area (Å²) in [4.78, 5) is 29.7. The van der Waals surface area contributed by atoms with E-state index in [1.807, 2.05) is 6.07 Å². The lowest BCUT2D eigenvalue weighted by atomic mass is 10.1. The summed E-state index contributed by atoms with van der Waals surface area (Å²) in [6.45, 7) is 1.59. The number of rotatable bonds is 5. The number of carbonyl (C=O) groups excluding carboxylic acids is 2. The Hall–Kier alpha value is -2.97. The number of thiazole rings is 1. The lowest BCUT2D eigenvalue weighted by molar-refractivity contribution is -0.127. The van der Waals surface area contributed by atoms with E-state index in [2.05, 4.69) is 15.6 Å². The molecule has 1 aromatic heterocycles. The number of hydrogen-bond donors (Lipinski definition) is 2. The number of hydrogen-bond acceptors (Lipinski definition) is 7. The third-order valence-corrected chi connectivity index (χ3v) is 5.95. The second kappa shape index (κ2) is 8.37. The molecule has 0 radical (unpaired) electrons. The van der Waals surface area contributed by atoms with Gasteiger partial charge in [0, 0.05) is 20.4 Å². The molecule has 9 nitrogen and oxygen atoms in total. The number of carbonyl (C=O) groups is 2. The van der Waals surface area contributed by atoms with Crippen molar-refractivity contribution in [2.24, 2.45) is 0 Å². The predicted molar refractivity (Wildman–Crippen MR) is 106 cm³/mol. The van der Waals surface area contributed by atoms with Gasteiger partial charge in [-0.2, -0.15) is 5.26 Å². The molecule has 0 aliphatic heterocycles. The van der Waals surface area contributed by atoms with Gasteiger partial charge in [-0.3, -0.25) is 10.1 Å². The van der Waals surface area contributed by atoms with Crippen LogP contribution in [0.3, 0.4) is 0 Å². The molecule has 0 aliphatic carbocycles. The van der Waals surface area contributed by atoms with Gasteiger partial charge < -0.3 is 10.2 Å². The van der Waals surface area contributed by atoms with Crippen LogP contribution in [0, 0.1) is 18.3 Å². The molecule has 148 valence electrons. The van der Waals surface area contributed by atoms with Crippen molar-refractivity contribution < 1.29 is 18.0 Å². The maximum absolute atomic E-state index is 11.9. The zero-order valence-corrected chi connectivity index (χ0v) is 17.4. The topological polar surface area (TPSA) is 132 Å². The first-order chi connectivity index (χ1) is 13.0. The van der Waals surface area contributed by atoms with Crippen molar-refractivity contribution in [2.45, 2.75) is 11.8 Å². The first-order valence-electron chi connectivity index (χ1n) is 8.00. The lowest BCUT2D eigenvalue weighted by Gasteiger charge is -2.10. The summed E-state index contributed by atoms with van der Waals surface area (Å²) in [7, 11) is -0.343. The van der Waals surface area contributed by atoms with Crippen molar-refractivity contribution in [3.63, 3.8) is 0 Å². The highest BCUT2D eigenvalue weighted by atomic mass is 32.2. The summed E-state index contributed by atoms with van der Waals surface area (Å²) in [5.74, 6) is -0.249. The van der Waals surface area contributed by atoms with Crippen molar-refractivity contribution in [1.82, 2.24) is 15.2 Å². The number of sulfone groups is 1. The van der Waals surface area contributed by atoms with E-state index in [4.69, 9.17) is 0 Å². The Morgan fingerprint density at radius 2 is 2.00 bits per heavy atom. The molecule has 2 N–H and O–H groups in total. The van der Waals surface area contributed by atoms with Crippen molar-refractivity contribution >= 4 is 38.2 Å². The van der Waals surface area contributed by atoms with Crippen molar-refractivity contribution in [1.29, 1.82) is 5.26 Å². The lowest BCUT2D eigenvalue weighted by Crippen LogP contribution is -2.38. The van der Waals surface area contributed by atoms with E-state index in [9.17, 15) is 23.3 Å². The maximum atomic E-state index is 11.9. The molecule has 0 unspecified atom stereocenters. The average Bonchev–Trinajstić information content (AvgIpc) is 2.98. The minimum absolute atomic E-state index is 0.0378. The number of nitrogens with zero attached hydrogens (tertiary/aromatic N) is 3. The minimum atomic E-state index is -3.52. The number of benzene rings is 1. The number of aryl methyl sites for hydroxylation is 1. The van der Waals surface area contributed by atoms with Crippen LogP contribution in [0.1, 0.15) is 11.3 Å². The highest BCUT2D eigenvalue weighted by Crippen LogP contribution is 2.34. The van der Waals surface area contributed by atoms with Gasteiger partial charge in [0.15, 0.2) is 15.0 Å². The number of amides is 3. The number of likely N-dealkylation sites (N-methyl/N-ethyl adjacent to an activating group) is 1. The fraction of sp³-hybridized carbons (Fsp3) is 0.294. The molecule has 11 heteroatoms. The van der Waals surface area contributed by atoms with Crippen LogP contribution in [0.15, 0.2) is 23.1 Å². The van der Waals surface area contributed by atoms with Crippen LogP contribution in [0.25, 0.3) is 10.4 Å². The molecule has 0 saturated heterocycles. The predicted octanol–water partition coefficient (Wildman–Crippen LogP) is 1.60. The van der Waals surface area contributed by atoms with Crippen molar-refractivity contribution in [2.75, 3.05) is 32.2 Å². The summed E-state index contributed by atoms with van der Waals surface area (Å²) in [6, 6.07) is 5.79. The number of nitrogens with one attached hydrogen (secondary N) is 2. The molecule has 0 bridgehead atoms. The highest BCUT2D eigenvalue weighted by molar-refractivity contribution is 7.90. The van der Waals surface area contributed by atoms with Gasteiger partial charge in [0.25, 0.3) is 0 Å². The van der Waals surface area contributed by atoms with Gasteiger partial charge in [-0.25, -0.2) is 18.2 Å². The Kier molecular flexibility index (Phi) is 6.37. The number of aromatic nitrogens is 1. The molecule has 0 fully saturated rings. The quantitative estimate of drug-likeness (QED) is 0.754. The number of anilines is 1. The van der Waals surface area contributed by atoms with Crippen LogP contribution in [-0.4, -0.2) is 57.1 Å². The standard InChI is InChI=1S/C17H19N5O4S2/c1-10-15(11-5-6-13(28(4,25)26)12(7-11)8-18)27-17(20-10)21-16(24)19-9-14(23)22(2)3/h5-7H,9H2,1-4H3,(H2,19,20,21,24). The molecular formula is C17H19N5O4S2. The van der Waals surface area contributed by atoms with Gasteiger partial charge >= 0.3 is 6.03 Å². The van der Waals surface area contributed by atoms with E-state index in [0.29, 0.717) is 21.3 Å². The van der Waals surface area contributed by atoms with Crippen LogP contribution in [0.4, 0.5) is 9.93 Å². The van der Waals surface area contributed by atoms with Crippen LogP contribution in [-0.2, 0) is 14.6 Å². The number of urea groups is 1. The first-order valence-corrected chi connectivity index (χ1v) is 10.7. The van der Waals surface area contributed by atoms with E-state index in [0.717, 1.165) is 6.26 Å². The first kappa shape index (κ1) is 21.3. The molecule has 28 heavy (non-hydrogen) atoms. The Labute approximate surface area is 166 Å². The normalized spacial score (nSPS) is 10.8. The maximum Gasteiger partial charge on any atom is 0.321 e. The van der Waals surface area contributed by atoms with Gasteiger partial charge in [0.05, 0.1) is 27.6 Å². The second-order valence-electron chi connectivity index (χ2n) is 6.12. The van der Waals surface area contributed by atoms with Gasteiger partial charge in [-0.1, -0.05) is 17.4 Å². The molecule has 0 aliphatic rings. The van der Waals surface area contributed by atoms with Gasteiger partial charge in [-0.05, 0) is 24.6 Å². The Bertz CT molecular complexity index is 1070. The fourth-order valence-corrected chi connectivity index (χ4v) is 4.03. The smallest absolute Gasteiger partial charge is 0.321 e. The molecule has 3 amide bonds. The molecule has 2 rings (SSSR count). The van der Waals surface area contributed by atoms with Gasteiger partial charge in [0.2, 0.25) is 5.91 Å². The SMILES string of the molecule is Cc1nc(NC(=O)NCC(=O)N(C)C)sc1-c1ccc(S(C)(=O)=O)c(C#N)c1. The Morgan fingerprint density at radius 3 is 2.57 bits per heavy atom. The highest BCUT2D eigenvalue weighted by Gasteiger charge is 2.17. The van der Waals surface area contributed by atoms with Crippen LogP contribution < -0.4 is 10.6 Å². The van der Waals surface area contributed by atoms with Crippen LogP contribution >= 0.6 is 11.3 Å². The minimum Gasteiger partial charge on any atom is -0.347 e. The summed E-state index contributed by atoms with van der Waals surface area (Å²) in [6.07, 6.45) is 1.04. The fourth-order valence-electron chi connectivity index (χ4n) is 2.25. The summed E-state index contributed by atoms with van der Waals surface area (Å²) < 4.78 is 23.5. The molecule has 0 saturated carbocycles. The van der Waals surface area contributed by atoms with Gasteiger partial charge in [-0.15, -0.1) is 0 Å². The number of nitriles is 1. The van der Waals surface area contributed by atoms with E-state index in [1.165, 1.54) is 28.4 Å². The molecule has 2 aromatic rings. The van der Waals surface area contributed by atoms with Crippen molar-refractivity contribution in [3.8, 4) is 16.5 Å². The summed E-state index contributed by atoms with van der Waals surface area (Å²) >= 11 is 1.18. The van der Waals surface area contributed by atoms with E-state index in [-0.39, 0.29) is 22.9 Å². The largest absolute Gasteiger partial charge is 0.347 e. The summed E-state index contributed by atoms with van der Waals surface area (Å²) in [5.41, 5.74) is 1.28. The van der Waals surface area contributed by atoms with E-state index >= 15 is 0 Å². The molecule has 1 heterocycles. The van der Waals surface area contributed by atoms with Crippen LogP contribution in [0.5, 0.6) is 0 Å².